The van der Waals surface area contributed by atoms with Crippen molar-refractivity contribution in [3.63, 3.8) is 0 Å². The minimum absolute atomic E-state index is 0.577. The number of allylic oxidation sites excluding steroid dienone is 1. The third kappa shape index (κ3) is 4.49. The Bertz CT molecular complexity index is 400. The summed E-state index contributed by atoms with van der Waals surface area (Å²) in [5, 5.41) is 3.40. The summed E-state index contributed by atoms with van der Waals surface area (Å²) in [7, 11) is 0. The van der Waals surface area contributed by atoms with E-state index in [1.54, 1.807) is 0 Å². The first-order valence-electron chi connectivity index (χ1n) is 6.60. The fraction of sp³-hybridized carbons (Fsp3) is 0.533. The van der Waals surface area contributed by atoms with Crippen LogP contribution >= 0.6 is 0 Å². The monoisotopic (exact) mass is 248 g/mol. The maximum Gasteiger partial charge on any atom is 0.218 e. The first kappa shape index (κ1) is 14.7. The Morgan fingerprint density at radius 1 is 1.39 bits per heavy atom. The molecule has 0 unspecified atom stereocenters. The maximum atomic E-state index is 5.73. The van der Waals surface area contributed by atoms with Gasteiger partial charge >= 0.3 is 0 Å². The van der Waals surface area contributed by atoms with Crippen molar-refractivity contribution < 1.29 is 4.74 Å². The van der Waals surface area contributed by atoms with E-state index < -0.39 is 0 Å². The van der Waals surface area contributed by atoms with Crippen LogP contribution in [0.4, 0.5) is 0 Å². The molecule has 0 aliphatic carbocycles. The lowest BCUT2D eigenvalue weighted by molar-refractivity contribution is 0.341. The van der Waals surface area contributed by atoms with Crippen LogP contribution in [0, 0.1) is 13.8 Å². The Kier molecular flexibility index (Phi) is 6.44. The highest BCUT2D eigenvalue weighted by molar-refractivity contribution is 5.36. The molecule has 1 rings (SSSR count). The molecule has 0 fully saturated rings. The van der Waals surface area contributed by atoms with E-state index in [1.165, 1.54) is 11.1 Å². The van der Waals surface area contributed by atoms with Crippen LogP contribution in [0.25, 0.3) is 0 Å². The smallest absolute Gasteiger partial charge is 0.218 e. The Hall–Kier alpha value is -1.35. The largest absolute Gasteiger partial charge is 0.473 e. The van der Waals surface area contributed by atoms with E-state index in [0.29, 0.717) is 6.61 Å². The van der Waals surface area contributed by atoms with Gasteiger partial charge in [-0.1, -0.05) is 19.1 Å². The number of nitrogens with one attached hydrogen (secondary N) is 1. The van der Waals surface area contributed by atoms with Crippen LogP contribution in [0.2, 0.25) is 0 Å². The molecule has 18 heavy (non-hydrogen) atoms. The number of aryl methyl sites for hydroxylation is 2. The summed E-state index contributed by atoms with van der Waals surface area (Å²) in [6, 6.07) is 2.10. The topological polar surface area (TPSA) is 34.1 Å². The number of aromatic nitrogens is 1. The van der Waals surface area contributed by atoms with E-state index in [4.69, 9.17) is 4.74 Å². The fourth-order valence-corrected chi connectivity index (χ4v) is 1.78. The zero-order valence-electron chi connectivity index (χ0n) is 11.9. The summed E-state index contributed by atoms with van der Waals surface area (Å²) >= 11 is 0. The number of pyridine rings is 1. The highest BCUT2D eigenvalue weighted by atomic mass is 16.5. The van der Waals surface area contributed by atoms with Crippen LogP contribution in [0.5, 0.6) is 5.88 Å². The summed E-state index contributed by atoms with van der Waals surface area (Å²) in [5.41, 5.74) is 3.40. The lowest BCUT2D eigenvalue weighted by Crippen LogP contribution is -2.16. The summed E-state index contributed by atoms with van der Waals surface area (Å²) < 4.78 is 5.73. The van der Waals surface area contributed by atoms with Crippen molar-refractivity contribution in [1.29, 1.82) is 0 Å². The molecule has 0 aliphatic heterocycles. The first-order valence-corrected chi connectivity index (χ1v) is 6.60. The molecular weight excluding hydrogens is 224 g/mol. The molecule has 1 N–H and O–H groups in total. The van der Waals surface area contributed by atoms with Gasteiger partial charge in [0.2, 0.25) is 5.88 Å². The average molecular weight is 248 g/mol. The Balaban J connectivity index is 2.82. The fourth-order valence-electron chi connectivity index (χ4n) is 1.78. The minimum atomic E-state index is 0.577. The van der Waals surface area contributed by atoms with E-state index in [-0.39, 0.29) is 0 Å². The molecule has 0 aromatic carbocycles. The summed E-state index contributed by atoms with van der Waals surface area (Å²) in [5.74, 6) is 0.759. The summed E-state index contributed by atoms with van der Waals surface area (Å²) in [6.07, 6.45) is 5.10. The van der Waals surface area contributed by atoms with Crippen molar-refractivity contribution in [2.45, 2.75) is 40.7 Å². The molecule has 0 atom stereocenters. The Morgan fingerprint density at radius 2 is 2.17 bits per heavy atom. The van der Waals surface area contributed by atoms with Crippen molar-refractivity contribution >= 4 is 0 Å². The van der Waals surface area contributed by atoms with E-state index in [0.717, 1.165) is 31.1 Å². The normalized spacial score (nSPS) is 11.1. The van der Waals surface area contributed by atoms with Crippen molar-refractivity contribution in [1.82, 2.24) is 10.3 Å². The molecule has 1 aromatic rings. The summed E-state index contributed by atoms with van der Waals surface area (Å²) in [4.78, 5) is 4.49. The molecule has 0 aliphatic rings. The zero-order chi connectivity index (χ0) is 13.4. The molecule has 0 bridgehead atoms. The van der Waals surface area contributed by atoms with Gasteiger partial charge in [0.05, 0.1) is 0 Å². The SMILES string of the molecule is CC=CCOc1nc(C)cc(C)c1CNCCC. The van der Waals surface area contributed by atoms with Gasteiger partial charge in [-0.05, 0) is 45.4 Å². The van der Waals surface area contributed by atoms with Gasteiger partial charge in [-0.2, -0.15) is 0 Å². The number of hydrogen-bond acceptors (Lipinski definition) is 3. The maximum absolute atomic E-state index is 5.73. The van der Waals surface area contributed by atoms with Crippen LogP contribution in [0.3, 0.4) is 0 Å². The van der Waals surface area contributed by atoms with Gasteiger partial charge in [0, 0.05) is 17.8 Å². The highest BCUT2D eigenvalue weighted by Crippen LogP contribution is 2.20. The molecule has 1 heterocycles. The van der Waals surface area contributed by atoms with Gasteiger partial charge in [0.25, 0.3) is 0 Å². The molecule has 1 aromatic heterocycles. The molecule has 100 valence electrons. The number of ether oxygens (including phenoxy) is 1. The number of rotatable bonds is 7. The molecule has 0 spiro atoms. The van der Waals surface area contributed by atoms with E-state index in [1.807, 2.05) is 26.0 Å². The van der Waals surface area contributed by atoms with Crippen LogP contribution in [0.15, 0.2) is 18.2 Å². The first-order chi connectivity index (χ1) is 8.69. The molecule has 3 heteroatoms. The predicted molar refractivity (Wildman–Crippen MR) is 76.0 cm³/mol. The van der Waals surface area contributed by atoms with Gasteiger partial charge in [-0.25, -0.2) is 4.98 Å². The van der Waals surface area contributed by atoms with Crippen molar-refractivity contribution in [2.75, 3.05) is 13.2 Å². The third-order valence-corrected chi connectivity index (χ3v) is 2.72. The Morgan fingerprint density at radius 3 is 2.83 bits per heavy atom. The second kappa shape index (κ2) is 7.88. The molecular formula is C15H24N2O. The van der Waals surface area contributed by atoms with Crippen molar-refractivity contribution in [3.8, 4) is 5.88 Å². The molecule has 0 saturated carbocycles. The number of hydrogen-bond donors (Lipinski definition) is 1. The molecule has 3 nitrogen and oxygen atoms in total. The van der Waals surface area contributed by atoms with Crippen LogP contribution in [-0.4, -0.2) is 18.1 Å². The molecule has 0 radical (unpaired) electrons. The minimum Gasteiger partial charge on any atom is -0.473 e. The lowest BCUT2D eigenvalue weighted by atomic mass is 10.1. The van der Waals surface area contributed by atoms with E-state index in [2.05, 4.69) is 30.2 Å². The number of nitrogens with zero attached hydrogens (tertiary/aromatic N) is 1. The quantitative estimate of drug-likeness (QED) is 0.594. The van der Waals surface area contributed by atoms with E-state index >= 15 is 0 Å². The molecule has 0 amide bonds. The van der Waals surface area contributed by atoms with Crippen molar-refractivity contribution in [2.24, 2.45) is 0 Å². The third-order valence-electron chi connectivity index (χ3n) is 2.72. The Labute approximate surface area is 110 Å². The van der Waals surface area contributed by atoms with E-state index in [9.17, 15) is 0 Å². The second-order valence-corrected chi connectivity index (χ2v) is 4.42. The highest BCUT2D eigenvalue weighted by Gasteiger charge is 2.09. The van der Waals surface area contributed by atoms with Crippen LogP contribution in [-0.2, 0) is 6.54 Å². The van der Waals surface area contributed by atoms with Crippen molar-refractivity contribution in [3.05, 3.63) is 35.0 Å². The van der Waals surface area contributed by atoms with Crippen LogP contribution in [0.1, 0.15) is 37.1 Å². The lowest BCUT2D eigenvalue weighted by Gasteiger charge is -2.13. The van der Waals surface area contributed by atoms with Gasteiger partial charge < -0.3 is 10.1 Å². The van der Waals surface area contributed by atoms with Gasteiger partial charge in [0.1, 0.15) is 6.61 Å². The van der Waals surface area contributed by atoms with Crippen LogP contribution < -0.4 is 10.1 Å². The molecule has 0 saturated heterocycles. The summed E-state index contributed by atoms with van der Waals surface area (Å²) in [6.45, 7) is 10.7. The average Bonchev–Trinajstić information content (AvgIpc) is 2.32. The van der Waals surface area contributed by atoms with Gasteiger partial charge in [-0.15, -0.1) is 0 Å². The van der Waals surface area contributed by atoms with Gasteiger partial charge in [-0.3, -0.25) is 0 Å². The predicted octanol–water partition coefficient (Wildman–Crippen LogP) is 3.15. The standard InChI is InChI=1S/C15H24N2O/c1-5-7-9-18-15-14(11-16-8-6-2)12(3)10-13(4)17-15/h5,7,10,16H,6,8-9,11H2,1-4H3. The second-order valence-electron chi connectivity index (χ2n) is 4.42. The van der Waals surface area contributed by atoms with Gasteiger partial charge in [0.15, 0.2) is 0 Å². The zero-order valence-corrected chi connectivity index (χ0v) is 11.9.